The molecule has 0 unspecified atom stereocenters. The van der Waals surface area contributed by atoms with Gasteiger partial charge in [-0.2, -0.15) is 0 Å². The van der Waals surface area contributed by atoms with E-state index in [1.807, 2.05) is 121 Å². The maximum absolute atomic E-state index is 7.16. The van der Waals surface area contributed by atoms with Gasteiger partial charge >= 0.3 is 0 Å². The summed E-state index contributed by atoms with van der Waals surface area (Å²) in [6.07, 6.45) is -2.94. The van der Waals surface area contributed by atoms with Gasteiger partial charge in [0, 0.05) is 6.07 Å². The maximum Gasteiger partial charge on any atom is 0.169 e. The first kappa shape index (κ1) is 39.2. The average molecular weight is 781 g/mol. The molecule has 0 saturated carbocycles. The maximum atomic E-state index is 7.16. The zero-order chi connectivity index (χ0) is 39.4. The van der Waals surface area contributed by atoms with Crippen LogP contribution in [0.5, 0.6) is 28.7 Å². The third-order valence-corrected chi connectivity index (χ3v) is 10.1. The lowest BCUT2D eigenvalue weighted by molar-refractivity contribution is -0.275. The Bertz CT molecular complexity index is 2150. The number of hydrogen-bond acceptors (Lipinski definition) is 9. The second kappa shape index (κ2) is 19.7. The van der Waals surface area contributed by atoms with Crippen LogP contribution in [0, 0.1) is 0 Å². The SMILES string of the molecule is COc1ccc([C@@H]2O[C@H](COCc3ccccc3)[C@@H](OCc3ccccc3)[C@H](OCc3ccccc3)[C@H]2OCc2ccccc2)cc1Oc1ccc2c(c1)OCCO2. The summed E-state index contributed by atoms with van der Waals surface area (Å²) >= 11 is 0. The fraction of sp³-hybridized carbons (Fsp3) is 0.265. The Morgan fingerprint density at radius 3 is 1.62 bits per heavy atom. The summed E-state index contributed by atoms with van der Waals surface area (Å²) in [4.78, 5) is 0. The van der Waals surface area contributed by atoms with Crippen molar-refractivity contribution in [3.8, 4) is 28.7 Å². The van der Waals surface area contributed by atoms with Crippen LogP contribution in [-0.2, 0) is 50.1 Å². The van der Waals surface area contributed by atoms with E-state index in [9.17, 15) is 0 Å². The Labute approximate surface area is 339 Å². The Balaban J connectivity index is 1.16. The molecule has 1 fully saturated rings. The second-order valence-corrected chi connectivity index (χ2v) is 14.2. The van der Waals surface area contributed by atoms with Crippen molar-refractivity contribution in [3.05, 3.63) is 186 Å². The van der Waals surface area contributed by atoms with Crippen molar-refractivity contribution in [1.29, 1.82) is 0 Å². The Morgan fingerprint density at radius 2 is 1.03 bits per heavy atom. The molecule has 0 spiro atoms. The first-order chi connectivity index (χ1) is 28.7. The highest BCUT2D eigenvalue weighted by atomic mass is 16.6. The van der Waals surface area contributed by atoms with Gasteiger partial charge in [-0.15, -0.1) is 0 Å². The highest BCUT2D eigenvalue weighted by Crippen LogP contribution is 2.43. The summed E-state index contributed by atoms with van der Waals surface area (Å²) in [6.45, 7) is 2.65. The van der Waals surface area contributed by atoms with Crippen LogP contribution in [0.1, 0.15) is 33.9 Å². The number of fused-ring (bicyclic) bond motifs is 1. The molecule has 2 aliphatic heterocycles. The van der Waals surface area contributed by atoms with Crippen LogP contribution < -0.4 is 18.9 Å². The Kier molecular flexibility index (Phi) is 13.3. The van der Waals surface area contributed by atoms with E-state index in [0.29, 0.717) is 68.4 Å². The van der Waals surface area contributed by atoms with E-state index in [4.69, 9.17) is 42.6 Å². The first-order valence-electron chi connectivity index (χ1n) is 19.7. The van der Waals surface area contributed by atoms with Crippen LogP contribution in [0.4, 0.5) is 0 Å². The van der Waals surface area contributed by atoms with Crippen molar-refractivity contribution in [1.82, 2.24) is 0 Å². The van der Waals surface area contributed by atoms with Gasteiger partial charge in [-0.05, 0) is 52.1 Å². The number of hydrogen-bond donors (Lipinski definition) is 0. The van der Waals surface area contributed by atoms with Crippen LogP contribution in [0.25, 0.3) is 0 Å². The van der Waals surface area contributed by atoms with Crippen LogP contribution in [-0.4, -0.2) is 51.3 Å². The van der Waals surface area contributed by atoms with E-state index in [0.717, 1.165) is 27.8 Å². The number of rotatable bonds is 17. The van der Waals surface area contributed by atoms with Crippen molar-refractivity contribution in [2.75, 3.05) is 26.9 Å². The topological polar surface area (TPSA) is 83.1 Å². The highest BCUT2D eigenvalue weighted by Gasteiger charge is 2.49. The summed E-state index contributed by atoms with van der Waals surface area (Å²) in [7, 11) is 1.62. The van der Waals surface area contributed by atoms with E-state index >= 15 is 0 Å². The van der Waals surface area contributed by atoms with E-state index in [2.05, 4.69) is 36.4 Å². The average Bonchev–Trinajstić information content (AvgIpc) is 3.28. The minimum Gasteiger partial charge on any atom is -0.493 e. The highest BCUT2D eigenvalue weighted by molar-refractivity contribution is 5.50. The van der Waals surface area contributed by atoms with Gasteiger partial charge < -0.3 is 42.6 Å². The van der Waals surface area contributed by atoms with E-state index in [-0.39, 0.29) is 6.61 Å². The molecule has 6 aromatic rings. The molecule has 0 bridgehead atoms. The fourth-order valence-electron chi connectivity index (χ4n) is 7.22. The predicted octanol–water partition coefficient (Wildman–Crippen LogP) is 9.67. The molecule has 298 valence electrons. The summed E-state index contributed by atoms with van der Waals surface area (Å²) in [5.74, 6) is 2.94. The number of benzene rings is 6. The van der Waals surface area contributed by atoms with Gasteiger partial charge in [-0.3, -0.25) is 0 Å². The van der Waals surface area contributed by atoms with Gasteiger partial charge in [0.05, 0.1) is 40.1 Å². The molecule has 5 atom stereocenters. The van der Waals surface area contributed by atoms with E-state index < -0.39 is 30.5 Å². The van der Waals surface area contributed by atoms with Crippen molar-refractivity contribution >= 4 is 0 Å². The quantitative estimate of drug-likeness (QED) is 0.0899. The summed E-state index contributed by atoms with van der Waals surface area (Å²) in [6, 6.07) is 51.8. The minimum atomic E-state index is -0.625. The molecule has 1 saturated heterocycles. The van der Waals surface area contributed by atoms with Gasteiger partial charge in [0.2, 0.25) is 0 Å². The van der Waals surface area contributed by atoms with Crippen molar-refractivity contribution in [2.45, 2.75) is 56.9 Å². The van der Waals surface area contributed by atoms with E-state index in [1.165, 1.54) is 0 Å². The molecule has 2 aliphatic rings. The molecule has 0 aliphatic carbocycles. The lowest BCUT2D eigenvalue weighted by Crippen LogP contribution is -2.58. The van der Waals surface area contributed by atoms with Crippen LogP contribution in [0.3, 0.4) is 0 Å². The Hall–Kier alpha value is -5.68. The minimum absolute atomic E-state index is 0.248. The largest absolute Gasteiger partial charge is 0.493 e. The summed E-state index contributed by atoms with van der Waals surface area (Å²) in [5, 5.41) is 0. The monoisotopic (exact) mass is 780 g/mol. The molecule has 2 heterocycles. The van der Waals surface area contributed by atoms with Crippen molar-refractivity contribution in [3.63, 3.8) is 0 Å². The third kappa shape index (κ3) is 10.1. The van der Waals surface area contributed by atoms with Gasteiger partial charge in [0.15, 0.2) is 23.0 Å². The third-order valence-electron chi connectivity index (χ3n) is 10.1. The molecular weight excluding hydrogens is 733 g/mol. The standard InChI is InChI=1S/C49H48O9/c1-50-41-24-22-39(28-44(41)57-40-23-25-42-43(29-40)53-27-26-52-42)46-48(55-32-37-18-10-4-11-19-37)49(56-33-38-20-12-5-13-21-38)47(54-31-36-16-8-3-9-17-36)45(58-46)34-51-30-35-14-6-2-7-15-35/h2-25,28-29,45-49H,26-27,30-34H2,1H3/t45-,46+,47-,48+,49+/m1/s1. The number of methoxy groups -OCH3 is 1. The molecule has 0 N–H and O–H groups in total. The normalized spacial score (nSPS) is 20.0. The Morgan fingerprint density at radius 1 is 0.500 bits per heavy atom. The molecule has 0 radical (unpaired) electrons. The zero-order valence-corrected chi connectivity index (χ0v) is 32.5. The smallest absolute Gasteiger partial charge is 0.169 e. The lowest BCUT2D eigenvalue weighted by atomic mass is 9.90. The van der Waals surface area contributed by atoms with Crippen LogP contribution in [0.2, 0.25) is 0 Å². The molecule has 0 aromatic heterocycles. The van der Waals surface area contributed by atoms with Gasteiger partial charge in [-0.25, -0.2) is 0 Å². The summed E-state index contributed by atoms with van der Waals surface area (Å²) < 4.78 is 58.3. The molecular formula is C49H48O9. The molecule has 8 rings (SSSR count). The summed E-state index contributed by atoms with van der Waals surface area (Å²) in [5.41, 5.74) is 4.97. The molecule has 58 heavy (non-hydrogen) atoms. The predicted molar refractivity (Wildman–Crippen MR) is 219 cm³/mol. The second-order valence-electron chi connectivity index (χ2n) is 14.2. The number of ether oxygens (including phenoxy) is 9. The zero-order valence-electron chi connectivity index (χ0n) is 32.5. The van der Waals surface area contributed by atoms with Gasteiger partial charge in [0.25, 0.3) is 0 Å². The van der Waals surface area contributed by atoms with Crippen molar-refractivity contribution in [2.24, 2.45) is 0 Å². The first-order valence-corrected chi connectivity index (χ1v) is 19.7. The van der Waals surface area contributed by atoms with E-state index in [1.54, 1.807) is 7.11 Å². The van der Waals surface area contributed by atoms with Gasteiger partial charge in [-0.1, -0.05) is 127 Å². The van der Waals surface area contributed by atoms with Crippen LogP contribution >= 0.6 is 0 Å². The van der Waals surface area contributed by atoms with Crippen LogP contribution in [0.15, 0.2) is 158 Å². The molecule has 6 aromatic carbocycles. The molecule has 0 amide bonds. The van der Waals surface area contributed by atoms with Gasteiger partial charge in [0.1, 0.15) is 49.5 Å². The fourth-order valence-corrected chi connectivity index (χ4v) is 7.22. The molecule has 9 heteroatoms. The van der Waals surface area contributed by atoms with Crippen molar-refractivity contribution < 1.29 is 42.6 Å². The lowest BCUT2D eigenvalue weighted by Gasteiger charge is -2.46. The molecule has 9 nitrogen and oxygen atoms in total.